The van der Waals surface area contributed by atoms with Gasteiger partial charge in [-0.15, -0.1) is 12.2 Å². The minimum Gasteiger partial charge on any atom is -0.321 e. The van der Waals surface area contributed by atoms with Gasteiger partial charge in [-0.2, -0.15) is 0 Å². The van der Waals surface area contributed by atoms with E-state index >= 15 is 0 Å². The van der Waals surface area contributed by atoms with Crippen LogP contribution in [0.4, 0.5) is 17.6 Å². The quantitative estimate of drug-likeness (QED) is 0.0707. The van der Waals surface area contributed by atoms with Crippen molar-refractivity contribution in [2.24, 2.45) is 5.92 Å². The second kappa shape index (κ2) is 23.2. The van der Waals surface area contributed by atoms with Crippen molar-refractivity contribution < 1.29 is 39.3 Å². The van der Waals surface area contributed by atoms with Gasteiger partial charge >= 0.3 is 21.7 Å². The molecule has 180 valence electrons. The Morgan fingerprint density at radius 1 is 0.844 bits per heavy atom. The van der Waals surface area contributed by atoms with Gasteiger partial charge in [0.05, 0.1) is 5.83 Å². The van der Waals surface area contributed by atoms with E-state index in [0.717, 1.165) is 6.92 Å². The number of hydrogen-bond acceptors (Lipinski definition) is 0. The third-order valence-corrected chi connectivity index (χ3v) is 5.16. The first kappa shape index (κ1) is 33.2. The number of allylic oxidation sites excluding steroid dienone is 9. The second-order valence-corrected chi connectivity index (χ2v) is 7.94. The molecule has 0 nitrogen and oxygen atoms in total. The molecule has 0 aromatic carbocycles. The molecular formula is C27H40F4Ti. The van der Waals surface area contributed by atoms with Gasteiger partial charge in [-0.1, -0.05) is 96.6 Å². The molecule has 0 aliphatic heterocycles. The Bertz CT molecular complexity index is 578. The molecule has 0 saturated heterocycles. The molecule has 0 bridgehead atoms. The maximum Gasteiger partial charge on any atom is 2.00 e. The zero-order chi connectivity index (χ0) is 23.3. The van der Waals surface area contributed by atoms with Gasteiger partial charge in [0.1, 0.15) is 5.83 Å². The maximum atomic E-state index is 12.4. The van der Waals surface area contributed by atoms with Crippen molar-refractivity contribution in [3.63, 3.8) is 0 Å². The van der Waals surface area contributed by atoms with Gasteiger partial charge in [0.15, 0.2) is 0 Å². The zero-order valence-electron chi connectivity index (χ0n) is 19.8. The summed E-state index contributed by atoms with van der Waals surface area (Å²) < 4.78 is 49.4. The Kier molecular flexibility index (Phi) is 24.0. The van der Waals surface area contributed by atoms with E-state index in [0.29, 0.717) is 0 Å². The van der Waals surface area contributed by atoms with E-state index in [9.17, 15) is 17.6 Å². The Labute approximate surface area is 208 Å². The van der Waals surface area contributed by atoms with E-state index < -0.39 is 29.6 Å². The number of unbranched alkanes of at least 4 members (excludes halogenated alkanes) is 12. The Morgan fingerprint density at radius 3 is 1.84 bits per heavy atom. The zero-order valence-corrected chi connectivity index (χ0v) is 21.4. The fourth-order valence-electron chi connectivity index (χ4n) is 3.18. The van der Waals surface area contributed by atoms with E-state index in [1.54, 1.807) is 6.08 Å². The van der Waals surface area contributed by atoms with Crippen LogP contribution in [0.5, 0.6) is 0 Å². The summed E-state index contributed by atoms with van der Waals surface area (Å²) in [5.74, 6) is -5.36. The molecule has 1 atom stereocenters. The molecule has 0 radical (unpaired) electrons. The molecule has 1 aliphatic carbocycles. The van der Waals surface area contributed by atoms with Gasteiger partial charge in [0.2, 0.25) is 0 Å². The standard InChI is InChI=1S/C20H35.C7H5F4.Ti/c1-3-5-7-9-11-13-15-17-19-20-18-16-14-12-10-8-6-4-2;1-3-6(10)4(8)2-5(9)7(3)11;/h1,3,5,7,9,11H,4,6,8,10,12-20H2,2H3;2-3H,1H3;/q2*-1;+2/b7-5+,11-9+;;. The van der Waals surface area contributed by atoms with Crippen LogP contribution in [0.15, 0.2) is 53.9 Å². The predicted octanol–water partition coefficient (Wildman–Crippen LogP) is 10.3. The molecule has 32 heavy (non-hydrogen) atoms. The molecule has 0 heterocycles. The Morgan fingerprint density at radius 2 is 1.34 bits per heavy atom. The van der Waals surface area contributed by atoms with Crippen molar-refractivity contribution in [1.82, 2.24) is 0 Å². The normalized spacial score (nSPS) is 16.1. The predicted molar refractivity (Wildman–Crippen MR) is 125 cm³/mol. The summed E-state index contributed by atoms with van der Waals surface area (Å²) in [4.78, 5) is 0. The molecule has 1 rings (SSSR count). The molecule has 0 fully saturated rings. The van der Waals surface area contributed by atoms with Crippen LogP contribution in [0.25, 0.3) is 0 Å². The smallest absolute Gasteiger partial charge is 0.321 e. The number of rotatable bonds is 15. The first-order valence-corrected chi connectivity index (χ1v) is 11.8. The Balaban J connectivity index is 0. The van der Waals surface area contributed by atoms with Gasteiger partial charge in [0, 0.05) is 0 Å². The summed E-state index contributed by atoms with van der Waals surface area (Å²) in [7, 11) is 0. The summed E-state index contributed by atoms with van der Waals surface area (Å²) in [6.45, 7) is 8.58. The van der Waals surface area contributed by atoms with Crippen LogP contribution in [0.2, 0.25) is 0 Å². The van der Waals surface area contributed by atoms with Crippen molar-refractivity contribution in [1.29, 1.82) is 0 Å². The van der Waals surface area contributed by atoms with Gasteiger partial charge in [-0.25, -0.2) is 25.3 Å². The van der Waals surface area contributed by atoms with Gasteiger partial charge in [-0.05, 0) is 30.8 Å². The van der Waals surface area contributed by atoms with Gasteiger partial charge < -0.3 is 4.39 Å². The monoisotopic (exact) mass is 488 g/mol. The van der Waals surface area contributed by atoms with Crippen molar-refractivity contribution in [3.8, 4) is 0 Å². The van der Waals surface area contributed by atoms with Crippen molar-refractivity contribution in [2.75, 3.05) is 0 Å². The minimum atomic E-state index is -1.43. The first-order valence-electron chi connectivity index (χ1n) is 11.8. The SMILES string of the molecule is CC1C(F)=C(F)C=C(F)[C-]1F.[CH-]=C/C=C/C=C/CCCCCCCCCCCCCC.[Ti+2]. The van der Waals surface area contributed by atoms with Crippen LogP contribution in [-0.4, -0.2) is 0 Å². The van der Waals surface area contributed by atoms with Crippen LogP contribution in [0.3, 0.4) is 0 Å². The number of hydrogen-bond donors (Lipinski definition) is 0. The van der Waals surface area contributed by atoms with E-state index in [4.69, 9.17) is 6.58 Å². The molecule has 1 unspecified atom stereocenters. The van der Waals surface area contributed by atoms with Crippen LogP contribution < -0.4 is 0 Å². The van der Waals surface area contributed by atoms with Gasteiger partial charge in [-0.3, -0.25) is 6.58 Å². The van der Waals surface area contributed by atoms with E-state index in [1.165, 1.54) is 83.5 Å². The third-order valence-electron chi connectivity index (χ3n) is 5.16. The number of halogens is 4. The van der Waals surface area contributed by atoms with Gasteiger partial charge in [0.25, 0.3) is 0 Å². The summed E-state index contributed by atoms with van der Waals surface area (Å²) in [6, 6.07) is 0. The van der Waals surface area contributed by atoms with Crippen LogP contribution in [0.1, 0.15) is 97.3 Å². The first-order chi connectivity index (χ1) is 15.0. The topological polar surface area (TPSA) is 0 Å². The van der Waals surface area contributed by atoms with Crippen LogP contribution in [0, 0.1) is 18.7 Å². The molecule has 0 aromatic rings. The fraction of sp³-hybridized carbons (Fsp3) is 0.593. The van der Waals surface area contributed by atoms with E-state index in [2.05, 4.69) is 19.1 Å². The van der Waals surface area contributed by atoms with Crippen LogP contribution >= 0.6 is 0 Å². The second-order valence-electron chi connectivity index (χ2n) is 7.94. The summed E-state index contributed by atoms with van der Waals surface area (Å²) >= 11 is 0. The van der Waals surface area contributed by atoms with E-state index in [-0.39, 0.29) is 27.8 Å². The molecule has 1 aliphatic rings. The molecule has 0 spiro atoms. The Hall–Kier alpha value is -0.996. The fourth-order valence-corrected chi connectivity index (χ4v) is 3.18. The van der Waals surface area contributed by atoms with Crippen molar-refractivity contribution in [2.45, 2.75) is 97.3 Å². The average Bonchev–Trinajstić information content (AvgIpc) is 2.76. The average molecular weight is 488 g/mol. The molecule has 0 amide bonds. The molecule has 5 heteroatoms. The minimum absolute atomic E-state index is 0. The van der Waals surface area contributed by atoms with Crippen molar-refractivity contribution >= 4 is 0 Å². The maximum absolute atomic E-state index is 12.4. The largest absolute Gasteiger partial charge is 2.00 e. The van der Waals surface area contributed by atoms with E-state index in [1.807, 2.05) is 12.2 Å². The summed E-state index contributed by atoms with van der Waals surface area (Å²) in [6.07, 6.45) is 26.9. The third kappa shape index (κ3) is 17.5. The van der Waals surface area contributed by atoms with Crippen molar-refractivity contribution in [3.05, 3.63) is 66.7 Å². The molecule has 0 aromatic heterocycles. The molecular weight excluding hydrogens is 448 g/mol. The summed E-state index contributed by atoms with van der Waals surface area (Å²) in [5, 5.41) is 0. The molecule has 0 saturated carbocycles. The molecule has 0 N–H and O–H groups in total. The summed E-state index contributed by atoms with van der Waals surface area (Å²) in [5.41, 5.74) is 0. The van der Waals surface area contributed by atoms with Crippen LogP contribution in [-0.2, 0) is 21.7 Å².